The predicted molar refractivity (Wildman–Crippen MR) is 48.7 cm³/mol. The molecule has 2 aromatic rings. The van der Waals surface area contributed by atoms with Gasteiger partial charge in [-0.25, -0.2) is 4.79 Å². The summed E-state index contributed by atoms with van der Waals surface area (Å²) in [7, 11) is 0. The second kappa shape index (κ2) is 2.88. The van der Waals surface area contributed by atoms with E-state index in [-0.39, 0.29) is 6.79 Å². The number of benzene rings is 1. The Morgan fingerprint density at radius 3 is 2.93 bits per heavy atom. The van der Waals surface area contributed by atoms with E-state index in [4.69, 9.17) is 9.47 Å². The first-order chi connectivity index (χ1) is 7.33. The molecule has 1 aliphatic heterocycles. The first-order valence-corrected chi connectivity index (χ1v) is 4.29. The number of aromatic amines is 1. The van der Waals surface area contributed by atoms with Gasteiger partial charge in [-0.15, -0.1) is 0 Å². The SMILES string of the molecule is O=c1[nH]c(-c2ccc3c(c2)OCO3)no1. The first kappa shape index (κ1) is 8.10. The molecule has 76 valence electrons. The number of fused-ring (bicyclic) bond motifs is 1. The van der Waals surface area contributed by atoms with Crippen molar-refractivity contribution in [3.63, 3.8) is 0 Å². The maximum absolute atomic E-state index is 10.8. The van der Waals surface area contributed by atoms with Gasteiger partial charge in [0, 0.05) is 5.56 Å². The number of rotatable bonds is 1. The summed E-state index contributed by atoms with van der Waals surface area (Å²) in [6.45, 7) is 0.216. The van der Waals surface area contributed by atoms with Crippen LogP contribution in [0.5, 0.6) is 11.5 Å². The standard InChI is InChI=1S/C9H6N2O4/c12-9-10-8(11-15-9)5-1-2-6-7(3-5)14-4-13-6/h1-3H,4H2,(H,10,11,12). The van der Waals surface area contributed by atoms with Crippen LogP contribution in [0.15, 0.2) is 27.5 Å². The van der Waals surface area contributed by atoms with Gasteiger partial charge >= 0.3 is 5.76 Å². The van der Waals surface area contributed by atoms with Gasteiger partial charge < -0.3 is 9.47 Å². The van der Waals surface area contributed by atoms with Crippen LogP contribution in [0.1, 0.15) is 0 Å². The number of nitrogens with zero attached hydrogens (tertiary/aromatic N) is 1. The Morgan fingerprint density at radius 1 is 1.27 bits per heavy atom. The van der Waals surface area contributed by atoms with E-state index in [0.717, 1.165) is 0 Å². The van der Waals surface area contributed by atoms with E-state index < -0.39 is 5.76 Å². The zero-order valence-corrected chi connectivity index (χ0v) is 7.52. The minimum absolute atomic E-state index is 0.216. The Kier molecular flexibility index (Phi) is 1.55. The summed E-state index contributed by atoms with van der Waals surface area (Å²) < 4.78 is 14.8. The maximum atomic E-state index is 10.8. The Morgan fingerprint density at radius 2 is 2.13 bits per heavy atom. The van der Waals surface area contributed by atoms with E-state index in [9.17, 15) is 4.79 Å². The minimum atomic E-state index is -0.581. The van der Waals surface area contributed by atoms with E-state index in [0.29, 0.717) is 22.9 Å². The molecule has 3 rings (SSSR count). The fourth-order valence-corrected chi connectivity index (χ4v) is 1.40. The monoisotopic (exact) mass is 206 g/mol. The van der Waals surface area contributed by atoms with Gasteiger partial charge in [0.15, 0.2) is 17.3 Å². The molecule has 0 amide bonds. The lowest BCUT2D eigenvalue weighted by atomic mass is 10.2. The number of H-pyrrole nitrogens is 1. The van der Waals surface area contributed by atoms with Gasteiger partial charge in [-0.3, -0.25) is 9.51 Å². The van der Waals surface area contributed by atoms with Gasteiger partial charge in [0.05, 0.1) is 0 Å². The lowest BCUT2D eigenvalue weighted by Crippen LogP contribution is -1.94. The van der Waals surface area contributed by atoms with Gasteiger partial charge in [-0.05, 0) is 18.2 Å². The zero-order valence-electron chi connectivity index (χ0n) is 7.52. The summed E-state index contributed by atoms with van der Waals surface area (Å²) in [5.74, 6) is 1.11. The van der Waals surface area contributed by atoms with Crippen LogP contribution in [-0.4, -0.2) is 16.9 Å². The summed E-state index contributed by atoms with van der Waals surface area (Å²) in [4.78, 5) is 13.2. The molecule has 6 heteroatoms. The molecule has 0 bridgehead atoms. The van der Waals surface area contributed by atoms with Crippen LogP contribution in [0, 0.1) is 0 Å². The van der Waals surface area contributed by atoms with Gasteiger partial charge in [-0.1, -0.05) is 5.16 Å². The largest absolute Gasteiger partial charge is 0.454 e. The van der Waals surface area contributed by atoms with E-state index in [2.05, 4.69) is 14.7 Å². The highest BCUT2D eigenvalue weighted by molar-refractivity contribution is 5.60. The van der Waals surface area contributed by atoms with Crippen molar-refractivity contribution in [3.05, 3.63) is 28.7 Å². The van der Waals surface area contributed by atoms with Crippen molar-refractivity contribution < 1.29 is 14.0 Å². The average molecular weight is 206 g/mol. The van der Waals surface area contributed by atoms with Crippen LogP contribution in [0.3, 0.4) is 0 Å². The van der Waals surface area contributed by atoms with Gasteiger partial charge in [0.25, 0.3) is 0 Å². The average Bonchev–Trinajstić information content (AvgIpc) is 2.84. The van der Waals surface area contributed by atoms with E-state index in [1.54, 1.807) is 18.2 Å². The molecule has 1 N–H and O–H groups in total. The molecule has 15 heavy (non-hydrogen) atoms. The lowest BCUT2D eigenvalue weighted by Gasteiger charge is -1.97. The molecular formula is C9H6N2O4. The number of nitrogens with one attached hydrogen (secondary N) is 1. The Bertz CT molecular complexity index is 557. The number of aromatic nitrogens is 2. The Hall–Kier alpha value is -2.24. The minimum Gasteiger partial charge on any atom is -0.454 e. The van der Waals surface area contributed by atoms with Crippen LogP contribution in [0.2, 0.25) is 0 Å². The van der Waals surface area contributed by atoms with Crippen molar-refractivity contribution in [1.82, 2.24) is 10.1 Å². The highest BCUT2D eigenvalue weighted by atomic mass is 16.7. The molecule has 1 aromatic carbocycles. The predicted octanol–water partition coefficient (Wildman–Crippen LogP) is 0.759. The molecule has 0 fully saturated rings. The summed E-state index contributed by atoms with van der Waals surface area (Å²) in [5, 5.41) is 3.57. The zero-order chi connectivity index (χ0) is 10.3. The molecule has 2 heterocycles. The maximum Gasteiger partial charge on any atom is 0.439 e. The van der Waals surface area contributed by atoms with Crippen molar-refractivity contribution in [2.45, 2.75) is 0 Å². The molecule has 0 unspecified atom stereocenters. The van der Waals surface area contributed by atoms with Crippen LogP contribution in [0.4, 0.5) is 0 Å². The van der Waals surface area contributed by atoms with Crippen molar-refractivity contribution >= 4 is 0 Å². The highest BCUT2D eigenvalue weighted by Crippen LogP contribution is 2.34. The molecule has 0 saturated heterocycles. The van der Waals surface area contributed by atoms with Gasteiger partial charge in [0.1, 0.15) is 0 Å². The third-order valence-corrected chi connectivity index (χ3v) is 2.09. The quantitative estimate of drug-likeness (QED) is 0.745. The Balaban J connectivity index is 2.10. The summed E-state index contributed by atoms with van der Waals surface area (Å²) in [6, 6.07) is 5.25. The van der Waals surface area contributed by atoms with Crippen LogP contribution in [0.25, 0.3) is 11.4 Å². The Labute approximate surface area is 83.4 Å². The van der Waals surface area contributed by atoms with E-state index in [1.807, 2.05) is 0 Å². The van der Waals surface area contributed by atoms with E-state index >= 15 is 0 Å². The van der Waals surface area contributed by atoms with Crippen LogP contribution < -0.4 is 15.2 Å². The fraction of sp³-hybridized carbons (Fsp3) is 0.111. The molecule has 6 nitrogen and oxygen atoms in total. The third-order valence-electron chi connectivity index (χ3n) is 2.09. The van der Waals surface area contributed by atoms with E-state index in [1.165, 1.54) is 0 Å². The second-order valence-corrected chi connectivity index (χ2v) is 3.01. The third kappa shape index (κ3) is 1.26. The smallest absolute Gasteiger partial charge is 0.439 e. The normalized spacial score (nSPS) is 13.1. The van der Waals surface area contributed by atoms with Crippen molar-refractivity contribution in [2.75, 3.05) is 6.79 Å². The molecule has 0 aliphatic carbocycles. The molecule has 0 radical (unpaired) electrons. The van der Waals surface area contributed by atoms with Crippen molar-refractivity contribution in [1.29, 1.82) is 0 Å². The fourth-order valence-electron chi connectivity index (χ4n) is 1.40. The number of hydrogen-bond donors (Lipinski definition) is 1. The van der Waals surface area contributed by atoms with Gasteiger partial charge in [-0.2, -0.15) is 0 Å². The first-order valence-electron chi connectivity index (χ1n) is 4.29. The molecule has 1 aromatic heterocycles. The molecule has 0 spiro atoms. The molecule has 0 atom stereocenters. The molecular weight excluding hydrogens is 200 g/mol. The number of hydrogen-bond acceptors (Lipinski definition) is 5. The van der Waals surface area contributed by atoms with Crippen molar-refractivity contribution in [2.24, 2.45) is 0 Å². The molecule has 0 saturated carbocycles. The highest BCUT2D eigenvalue weighted by Gasteiger charge is 2.15. The second-order valence-electron chi connectivity index (χ2n) is 3.01. The van der Waals surface area contributed by atoms with Crippen LogP contribution >= 0.6 is 0 Å². The summed E-state index contributed by atoms with van der Waals surface area (Å²) >= 11 is 0. The number of ether oxygens (including phenoxy) is 2. The lowest BCUT2D eigenvalue weighted by molar-refractivity contribution is 0.174. The topological polar surface area (TPSA) is 77.4 Å². The summed E-state index contributed by atoms with van der Waals surface area (Å²) in [6.07, 6.45) is 0. The summed E-state index contributed by atoms with van der Waals surface area (Å²) in [5.41, 5.74) is 0.713. The van der Waals surface area contributed by atoms with Crippen LogP contribution in [-0.2, 0) is 0 Å². The van der Waals surface area contributed by atoms with Gasteiger partial charge in [0.2, 0.25) is 6.79 Å². The van der Waals surface area contributed by atoms with Crippen molar-refractivity contribution in [3.8, 4) is 22.9 Å². The molecule has 1 aliphatic rings.